The number of sulfonamides is 1. The zero-order chi connectivity index (χ0) is 21.4. The Morgan fingerprint density at radius 3 is 2.31 bits per heavy atom. The minimum atomic E-state index is -3.77. The quantitative estimate of drug-likeness (QED) is 0.573. The van der Waals surface area contributed by atoms with Crippen molar-refractivity contribution in [3.63, 3.8) is 0 Å². The van der Waals surface area contributed by atoms with E-state index in [1.165, 1.54) is 28.9 Å². The van der Waals surface area contributed by atoms with Gasteiger partial charge in [0.25, 0.3) is 5.91 Å². The molecule has 9 heteroatoms. The van der Waals surface area contributed by atoms with Gasteiger partial charge in [0.1, 0.15) is 4.90 Å². The SMILES string of the molecule is CCN(CC)S(=O)(=O)c1cc(C(=O)NCCNC(=O)C2CCCCC2)ccc1Cl. The summed E-state index contributed by atoms with van der Waals surface area (Å²) in [4.78, 5) is 24.4. The first-order valence-corrected chi connectivity index (χ1v) is 12.0. The number of nitrogens with one attached hydrogen (secondary N) is 2. The normalized spacial score (nSPS) is 15.3. The molecule has 0 aromatic heterocycles. The molecular weight excluding hydrogens is 414 g/mol. The fourth-order valence-corrected chi connectivity index (χ4v) is 5.48. The van der Waals surface area contributed by atoms with Crippen LogP contribution in [0.2, 0.25) is 5.02 Å². The fraction of sp³-hybridized carbons (Fsp3) is 0.600. The van der Waals surface area contributed by atoms with Gasteiger partial charge in [0.15, 0.2) is 0 Å². The number of nitrogens with zero attached hydrogens (tertiary/aromatic N) is 1. The first-order valence-electron chi connectivity index (χ1n) is 10.2. The predicted molar refractivity (Wildman–Crippen MR) is 113 cm³/mol. The van der Waals surface area contributed by atoms with E-state index >= 15 is 0 Å². The van der Waals surface area contributed by atoms with E-state index in [0.29, 0.717) is 19.6 Å². The predicted octanol–water partition coefficient (Wildman–Crippen LogP) is 2.80. The molecule has 0 saturated heterocycles. The summed E-state index contributed by atoms with van der Waals surface area (Å²) in [6.07, 6.45) is 5.21. The third-order valence-electron chi connectivity index (χ3n) is 5.20. The number of benzene rings is 1. The number of rotatable bonds is 9. The van der Waals surface area contributed by atoms with Crippen LogP contribution in [0.4, 0.5) is 0 Å². The lowest BCUT2D eigenvalue weighted by molar-refractivity contribution is -0.125. The summed E-state index contributed by atoms with van der Waals surface area (Å²) in [5.74, 6) is -0.300. The number of hydrogen-bond donors (Lipinski definition) is 2. The monoisotopic (exact) mass is 443 g/mol. The van der Waals surface area contributed by atoms with Crippen LogP contribution in [0.5, 0.6) is 0 Å². The molecule has 162 valence electrons. The van der Waals surface area contributed by atoms with E-state index in [1.54, 1.807) is 13.8 Å². The van der Waals surface area contributed by atoms with E-state index in [2.05, 4.69) is 10.6 Å². The minimum Gasteiger partial charge on any atom is -0.354 e. The Bertz CT molecular complexity index is 819. The smallest absolute Gasteiger partial charge is 0.251 e. The van der Waals surface area contributed by atoms with Crippen molar-refractivity contribution < 1.29 is 18.0 Å². The molecule has 0 atom stereocenters. The van der Waals surface area contributed by atoms with Crippen LogP contribution in [0.15, 0.2) is 23.1 Å². The van der Waals surface area contributed by atoms with Crippen molar-refractivity contribution in [3.8, 4) is 0 Å². The van der Waals surface area contributed by atoms with Gasteiger partial charge in [-0.15, -0.1) is 0 Å². The molecule has 29 heavy (non-hydrogen) atoms. The summed E-state index contributed by atoms with van der Waals surface area (Å²) in [5, 5.41) is 5.64. The number of carbonyl (C=O) groups is 2. The Hall–Kier alpha value is -1.64. The third kappa shape index (κ3) is 6.17. The Balaban J connectivity index is 1.95. The summed E-state index contributed by atoms with van der Waals surface area (Å²) in [6.45, 7) is 4.70. The maximum absolute atomic E-state index is 12.7. The van der Waals surface area contributed by atoms with Crippen LogP contribution in [0.3, 0.4) is 0 Å². The molecule has 1 saturated carbocycles. The average molecular weight is 444 g/mol. The maximum atomic E-state index is 12.7. The Labute approximate surface area is 178 Å². The second-order valence-corrected chi connectivity index (χ2v) is 9.43. The number of carbonyl (C=O) groups excluding carboxylic acids is 2. The van der Waals surface area contributed by atoms with E-state index in [1.807, 2.05) is 0 Å². The lowest BCUT2D eigenvalue weighted by Crippen LogP contribution is -2.38. The van der Waals surface area contributed by atoms with Crippen molar-refractivity contribution in [3.05, 3.63) is 28.8 Å². The Morgan fingerprint density at radius 2 is 1.69 bits per heavy atom. The van der Waals surface area contributed by atoms with Crippen LogP contribution >= 0.6 is 11.6 Å². The van der Waals surface area contributed by atoms with Crippen molar-refractivity contribution in [2.45, 2.75) is 50.8 Å². The second-order valence-electron chi connectivity index (χ2n) is 7.12. The van der Waals surface area contributed by atoms with Gasteiger partial charge in [0.2, 0.25) is 15.9 Å². The Kier molecular flexibility index (Phi) is 8.92. The molecule has 1 aromatic rings. The van der Waals surface area contributed by atoms with Crippen molar-refractivity contribution >= 4 is 33.4 Å². The summed E-state index contributed by atoms with van der Waals surface area (Å²) in [6, 6.07) is 4.20. The molecule has 1 fully saturated rings. The van der Waals surface area contributed by atoms with Crippen molar-refractivity contribution in [1.82, 2.24) is 14.9 Å². The lowest BCUT2D eigenvalue weighted by Gasteiger charge is -2.20. The maximum Gasteiger partial charge on any atom is 0.251 e. The fourth-order valence-electron chi connectivity index (χ4n) is 3.52. The van der Waals surface area contributed by atoms with Crippen molar-refractivity contribution in [1.29, 1.82) is 0 Å². The van der Waals surface area contributed by atoms with Crippen LogP contribution in [0, 0.1) is 5.92 Å². The molecule has 1 aliphatic carbocycles. The third-order valence-corrected chi connectivity index (χ3v) is 7.73. The van der Waals surface area contributed by atoms with E-state index in [-0.39, 0.29) is 33.9 Å². The summed E-state index contributed by atoms with van der Waals surface area (Å²) in [5.41, 5.74) is 0.207. The van der Waals surface area contributed by atoms with E-state index in [9.17, 15) is 18.0 Å². The molecule has 2 N–H and O–H groups in total. The molecule has 1 aliphatic rings. The standard InChI is InChI=1S/C20H30ClN3O4S/c1-3-24(4-2)29(27,28)18-14-16(10-11-17(18)21)20(26)23-13-12-22-19(25)15-8-6-5-7-9-15/h10-11,14-15H,3-9,12-13H2,1-2H3,(H,22,25)(H,23,26). The number of hydrogen-bond acceptors (Lipinski definition) is 4. The molecule has 2 rings (SSSR count). The van der Waals surface area contributed by atoms with Gasteiger partial charge in [0.05, 0.1) is 5.02 Å². The van der Waals surface area contributed by atoms with E-state index in [4.69, 9.17) is 11.6 Å². The second kappa shape index (κ2) is 10.9. The van der Waals surface area contributed by atoms with Gasteiger partial charge in [-0.05, 0) is 31.0 Å². The highest BCUT2D eigenvalue weighted by molar-refractivity contribution is 7.89. The molecule has 2 amide bonds. The van der Waals surface area contributed by atoms with Crippen LogP contribution in [-0.4, -0.2) is 50.7 Å². The topological polar surface area (TPSA) is 95.6 Å². The first-order chi connectivity index (χ1) is 13.8. The van der Waals surface area contributed by atoms with E-state index < -0.39 is 15.9 Å². The van der Waals surface area contributed by atoms with E-state index in [0.717, 1.165) is 25.7 Å². The van der Waals surface area contributed by atoms with Gasteiger partial charge in [0, 0.05) is 37.7 Å². The molecular formula is C20H30ClN3O4S. The largest absolute Gasteiger partial charge is 0.354 e. The summed E-state index contributed by atoms with van der Waals surface area (Å²) < 4.78 is 26.8. The summed E-state index contributed by atoms with van der Waals surface area (Å²) >= 11 is 6.09. The minimum absolute atomic E-state index is 0.0399. The van der Waals surface area contributed by atoms with Gasteiger partial charge < -0.3 is 10.6 Å². The molecule has 0 aliphatic heterocycles. The van der Waals surface area contributed by atoms with Crippen LogP contribution in [0.1, 0.15) is 56.3 Å². The van der Waals surface area contributed by atoms with Crippen molar-refractivity contribution in [2.75, 3.05) is 26.2 Å². The highest BCUT2D eigenvalue weighted by Crippen LogP contribution is 2.26. The molecule has 0 spiro atoms. The van der Waals surface area contributed by atoms with Crippen LogP contribution in [0.25, 0.3) is 0 Å². The molecule has 0 radical (unpaired) electrons. The molecule has 1 aromatic carbocycles. The van der Waals surface area contributed by atoms with Crippen LogP contribution < -0.4 is 10.6 Å². The molecule has 0 bridgehead atoms. The van der Waals surface area contributed by atoms with Gasteiger partial charge in [-0.2, -0.15) is 4.31 Å². The molecule has 0 unspecified atom stereocenters. The molecule has 7 nitrogen and oxygen atoms in total. The highest BCUT2D eigenvalue weighted by Gasteiger charge is 2.25. The van der Waals surface area contributed by atoms with Gasteiger partial charge in [-0.25, -0.2) is 8.42 Å². The van der Waals surface area contributed by atoms with Gasteiger partial charge in [-0.3, -0.25) is 9.59 Å². The first kappa shape index (κ1) is 23.6. The molecule has 0 heterocycles. The number of amides is 2. The van der Waals surface area contributed by atoms with Crippen molar-refractivity contribution in [2.24, 2.45) is 5.92 Å². The Morgan fingerprint density at radius 1 is 1.07 bits per heavy atom. The zero-order valence-corrected chi connectivity index (χ0v) is 18.6. The zero-order valence-electron chi connectivity index (χ0n) is 17.0. The van der Waals surface area contributed by atoms with Crippen LogP contribution in [-0.2, 0) is 14.8 Å². The summed E-state index contributed by atoms with van der Waals surface area (Å²) in [7, 11) is -3.77. The average Bonchev–Trinajstić information content (AvgIpc) is 2.72. The van der Waals surface area contributed by atoms with Gasteiger partial charge >= 0.3 is 0 Å². The number of halogens is 1. The lowest BCUT2D eigenvalue weighted by atomic mass is 9.89. The van der Waals surface area contributed by atoms with Gasteiger partial charge in [-0.1, -0.05) is 44.7 Å². The highest BCUT2D eigenvalue weighted by atomic mass is 35.5.